The fraction of sp³-hybridized carbons (Fsp3) is 0.583. The van der Waals surface area contributed by atoms with Gasteiger partial charge in [-0.1, -0.05) is 0 Å². The quantitative estimate of drug-likeness (QED) is 0.798. The third-order valence-electron chi connectivity index (χ3n) is 3.39. The summed E-state index contributed by atoms with van der Waals surface area (Å²) in [6, 6.07) is 1.51. The molecule has 0 radical (unpaired) electrons. The summed E-state index contributed by atoms with van der Waals surface area (Å²) in [6.45, 7) is 3.94. The Kier molecular flexibility index (Phi) is 2.87. The third-order valence-corrected chi connectivity index (χ3v) is 3.39. The highest BCUT2D eigenvalue weighted by Gasteiger charge is 2.16. The summed E-state index contributed by atoms with van der Waals surface area (Å²) in [5, 5.41) is 6.42. The van der Waals surface area contributed by atoms with Crippen molar-refractivity contribution in [2.45, 2.75) is 26.2 Å². The van der Waals surface area contributed by atoms with Crippen LogP contribution in [0.2, 0.25) is 0 Å². The van der Waals surface area contributed by atoms with E-state index in [0.717, 1.165) is 25.3 Å². The maximum Gasteiger partial charge on any atom is 0.274 e. The van der Waals surface area contributed by atoms with Crippen molar-refractivity contribution in [3.05, 3.63) is 27.9 Å². The van der Waals surface area contributed by atoms with E-state index >= 15 is 0 Å². The minimum atomic E-state index is -0.0991. The molecule has 2 aromatic heterocycles. The number of aromatic nitrogens is 4. The number of piperidine rings is 1. The maximum atomic E-state index is 11.7. The molecule has 18 heavy (non-hydrogen) atoms. The van der Waals surface area contributed by atoms with Gasteiger partial charge in [-0.15, -0.1) is 0 Å². The minimum Gasteiger partial charge on any atom is -0.316 e. The number of rotatable bonds is 2. The number of H-pyrrole nitrogens is 1. The van der Waals surface area contributed by atoms with E-state index in [1.807, 2.05) is 0 Å². The van der Waals surface area contributed by atoms with Gasteiger partial charge < -0.3 is 5.32 Å². The molecular formula is C12H17N5O. The van der Waals surface area contributed by atoms with Crippen LogP contribution in [0.5, 0.6) is 0 Å². The molecular weight excluding hydrogens is 230 g/mol. The fourth-order valence-corrected chi connectivity index (χ4v) is 2.50. The van der Waals surface area contributed by atoms with Crippen LogP contribution in [-0.2, 0) is 6.42 Å². The van der Waals surface area contributed by atoms with E-state index in [1.165, 1.54) is 23.4 Å². The smallest absolute Gasteiger partial charge is 0.274 e. The van der Waals surface area contributed by atoms with Crippen LogP contribution in [-0.4, -0.2) is 32.7 Å². The first kappa shape index (κ1) is 11.4. The highest BCUT2D eigenvalue weighted by Crippen LogP contribution is 2.14. The lowest BCUT2D eigenvalue weighted by atomic mass is 9.96. The molecule has 3 rings (SSSR count). The molecule has 1 atom stereocenters. The number of hydrogen-bond acceptors (Lipinski definition) is 4. The molecule has 2 N–H and O–H groups in total. The van der Waals surface area contributed by atoms with Crippen molar-refractivity contribution < 1.29 is 0 Å². The predicted molar refractivity (Wildman–Crippen MR) is 67.6 cm³/mol. The molecule has 1 aliphatic heterocycles. The molecule has 6 nitrogen and oxygen atoms in total. The van der Waals surface area contributed by atoms with Crippen molar-refractivity contribution in [3.8, 4) is 0 Å². The van der Waals surface area contributed by atoms with Gasteiger partial charge in [-0.25, -0.2) is 4.98 Å². The fourth-order valence-electron chi connectivity index (χ4n) is 2.50. The van der Waals surface area contributed by atoms with Gasteiger partial charge in [0.15, 0.2) is 0 Å². The number of aryl methyl sites for hydroxylation is 1. The average molecular weight is 247 g/mol. The predicted octanol–water partition coefficient (Wildman–Crippen LogP) is 0.268. The maximum absolute atomic E-state index is 11.7. The Balaban J connectivity index is 1.88. The normalized spacial score (nSPS) is 20.4. The zero-order chi connectivity index (χ0) is 12.5. The number of nitrogens with one attached hydrogen (secondary N) is 2. The second kappa shape index (κ2) is 4.53. The molecule has 1 aliphatic rings. The molecule has 2 aromatic rings. The Morgan fingerprint density at radius 1 is 1.50 bits per heavy atom. The molecule has 96 valence electrons. The summed E-state index contributed by atoms with van der Waals surface area (Å²) < 4.78 is 1.42. The molecule has 0 amide bonds. The number of fused-ring (bicyclic) bond motifs is 1. The standard InChI is InChI=1S/C12H17N5O/c1-8-5-11(18)17-12(14-8)15-10(16-17)6-9-3-2-4-13-7-9/h5,9,13H,2-4,6-7H2,1H3,(H,14,15,16). The lowest BCUT2D eigenvalue weighted by molar-refractivity contribution is 0.371. The highest BCUT2D eigenvalue weighted by molar-refractivity contribution is 5.27. The second-order valence-corrected chi connectivity index (χ2v) is 4.96. The molecule has 0 bridgehead atoms. The molecule has 1 saturated heterocycles. The summed E-state index contributed by atoms with van der Waals surface area (Å²) in [5.41, 5.74) is 0.607. The van der Waals surface area contributed by atoms with Gasteiger partial charge in [0.25, 0.3) is 11.3 Å². The van der Waals surface area contributed by atoms with Crippen LogP contribution in [0, 0.1) is 12.8 Å². The van der Waals surface area contributed by atoms with Gasteiger partial charge >= 0.3 is 0 Å². The first-order valence-electron chi connectivity index (χ1n) is 6.38. The second-order valence-electron chi connectivity index (χ2n) is 4.96. The highest BCUT2D eigenvalue weighted by atomic mass is 16.1. The number of hydrogen-bond donors (Lipinski definition) is 2. The summed E-state index contributed by atoms with van der Waals surface area (Å²) in [5.74, 6) is 1.91. The van der Waals surface area contributed by atoms with E-state index in [1.54, 1.807) is 6.92 Å². The molecule has 1 unspecified atom stereocenters. The SMILES string of the molecule is Cc1cc(=O)n2[nH]c(CC3CCCNC3)nc2n1. The summed E-state index contributed by atoms with van der Waals surface area (Å²) in [7, 11) is 0. The lowest BCUT2D eigenvalue weighted by Crippen LogP contribution is -2.31. The van der Waals surface area contributed by atoms with Gasteiger partial charge in [-0.2, -0.15) is 9.50 Å². The van der Waals surface area contributed by atoms with Crippen LogP contribution in [0.4, 0.5) is 0 Å². The van der Waals surface area contributed by atoms with E-state index < -0.39 is 0 Å². The lowest BCUT2D eigenvalue weighted by Gasteiger charge is -2.21. The van der Waals surface area contributed by atoms with Crippen molar-refractivity contribution >= 4 is 5.78 Å². The van der Waals surface area contributed by atoms with Crippen molar-refractivity contribution in [2.75, 3.05) is 13.1 Å². The Morgan fingerprint density at radius 2 is 2.39 bits per heavy atom. The first-order valence-corrected chi connectivity index (χ1v) is 6.38. The van der Waals surface area contributed by atoms with Gasteiger partial charge in [0.1, 0.15) is 5.82 Å². The molecule has 0 aromatic carbocycles. The average Bonchev–Trinajstić information content (AvgIpc) is 2.73. The topological polar surface area (TPSA) is 75.1 Å². The molecule has 0 saturated carbocycles. The minimum absolute atomic E-state index is 0.0991. The van der Waals surface area contributed by atoms with Crippen molar-refractivity contribution in [1.82, 2.24) is 24.9 Å². The van der Waals surface area contributed by atoms with Crippen LogP contribution >= 0.6 is 0 Å². The van der Waals surface area contributed by atoms with E-state index in [9.17, 15) is 4.79 Å². The zero-order valence-electron chi connectivity index (χ0n) is 10.4. The third kappa shape index (κ3) is 2.15. The summed E-state index contributed by atoms with van der Waals surface area (Å²) >= 11 is 0. The summed E-state index contributed by atoms with van der Waals surface area (Å²) in [6.07, 6.45) is 3.29. The van der Waals surface area contributed by atoms with Crippen LogP contribution < -0.4 is 10.9 Å². The molecule has 6 heteroatoms. The van der Waals surface area contributed by atoms with Crippen molar-refractivity contribution in [1.29, 1.82) is 0 Å². The van der Waals surface area contributed by atoms with E-state index in [4.69, 9.17) is 0 Å². The van der Waals surface area contributed by atoms with Crippen LogP contribution in [0.3, 0.4) is 0 Å². The Morgan fingerprint density at radius 3 is 3.17 bits per heavy atom. The van der Waals surface area contributed by atoms with E-state index in [2.05, 4.69) is 20.4 Å². The Labute approximate surface area is 104 Å². The van der Waals surface area contributed by atoms with Crippen LogP contribution in [0.25, 0.3) is 5.78 Å². The van der Waals surface area contributed by atoms with Crippen LogP contribution in [0.1, 0.15) is 24.4 Å². The van der Waals surface area contributed by atoms with E-state index in [0.29, 0.717) is 17.4 Å². The monoisotopic (exact) mass is 247 g/mol. The number of nitrogens with zero attached hydrogens (tertiary/aromatic N) is 3. The first-order chi connectivity index (χ1) is 8.72. The van der Waals surface area contributed by atoms with Gasteiger partial charge in [-0.05, 0) is 38.8 Å². The van der Waals surface area contributed by atoms with E-state index in [-0.39, 0.29) is 5.56 Å². The zero-order valence-corrected chi connectivity index (χ0v) is 10.4. The van der Waals surface area contributed by atoms with Gasteiger partial charge in [-0.3, -0.25) is 9.89 Å². The Hall–Kier alpha value is -1.69. The molecule has 0 aliphatic carbocycles. The van der Waals surface area contributed by atoms with Crippen LogP contribution in [0.15, 0.2) is 10.9 Å². The molecule has 3 heterocycles. The van der Waals surface area contributed by atoms with Gasteiger partial charge in [0, 0.05) is 18.2 Å². The Bertz CT molecular complexity index is 608. The largest absolute Gasteiger partial charge is 0.316 e. The van der Waals surface area contributed by atoms with Crippen molar-refractivity contribution in [2.24, 2.45) is 5.92 Å². The van der Waals surface area contributed by atoms with Gasteiger partial charge in [0.2, 0.25) is 0 Å². The summed E-state index contributed by atoms with van der Waals surface area (Å²) in [4.78, 5) is 20.4. The van der Waals surface area contributed by atoms with Gasteiger partial charge in [0.05, 0.1) is 0 Å². The molecule has 1 fully saturated rings. The number of aromatic amines is 1. The van der Waals surface area contributed by atoms with Crippen molar-refractivity contribution in [3.63, 3.8) is 0 Å². The molecule has 0 spiro atoms.